The second-order valence-electron chi connectivity index (χ2n) is 5.95. The lowest BCUT2D eigenvalue weighted by atomic mass is 10.2. The molecule has 0 saturated carbocycles. The molecule has 0 aliphatic heterocycles. The fraction of sp³-hybridized carbons (Fsp3) is 0.111. The van der Waals surface area contributed by atoms with Gasteiger partial charge in [0.25, 0.3) is 0 Å². The van der Waals surface area contributed by atoms with Gasteiger partial charge in [-0.1, -0.05) is 23.2 Å². The highest BCUT2D eigenvalue weighted by molar-refractivity contribution is 6.33. The summed E-state index contributed by atoms with van der Waals surface area (Å²) in [7, 11) is 0. The van der Waals surface area contributed by atoms with Gasteiger partial charge in [0.1, 0.15) is 0 Å². The van der Waals surface area contributed by atoms with E-state index in [0.717, 1.165) is 6.07 Å². The minimum absolute atomic E-state index is 0.0205. The van der Waals surface area contributed by atoms with Crippen molar-refractivity contribution in [1.29, 1.82) is 0 Å². The van der Waals surface area contributed by atoms with Gasteiger partial charge in [-0.25, -0.2) is 9.48 Å². The highest BCUT2D eigenvalue weighted by Crippen LogP contribution is 2.38. The van der Waals surface area contributed by atoms with Crippen LogP contribution >= 0.6 is 23.2 Å². The molecule has 13 heteroatoms. The summed E-state index contributed by atoms with van der Waals surface area (Å²) in [5.74, 6) is -0.969. The third kappa shape index (κ3) is 5.23. The fourth-order valence-electron chi connectivity index (χ4n) is 2.48. The van der Waals surface area contributed by atoms with Gasteiger partial charge in [-0.15, -0.1) is 0 Å². The van der Waals surface area contributed by atoms with Crippen molar-refractivity contribution < 1.29 is 35.9 Å². The van der Waals surface area contributed by atoms with Crippen LogP contribution in [0.25, 0.3) is 5.69 Å². The van der Waals surface area contributed by atoms with Crippen molar-refractivity contribution in [2.75, 3.05) is 5.32 Å². The highest BCUT2D eigenvalue weighted by atomic mass is 35.5. The summed E-state index contributed by atoms with van der Waals surface area (Å²) in [4.78, 5) is 12.1. The number of benzene rings is 2. The van der Waals surface area contributed by atoms with Crippen LogP contribution in [0.3, 0.4) is 0 Å². The van der Waals surface area contributed by atoms with Crippen molar-refractivity contribution in [3.05, 3.63) is 70.0 Å². The lowest BCUT2D eigenvalue weighted by Crippen LogP contribution is -2.20. The zero-order chi connectivity index (χ0) is 23.0. The fourth-order valence-corrected chi connectivity index (χ4v) is 2.77. The number of rotatable bonds is 3. The largest absolute Gasteiger partial charge is 0.437 e. The van der Waals surface area contributed by atoms with E-state index < -0.39 is 41.1 Å². The number of carbonyl (C=O) groups is 1. The number of hydrogen-bond donors (Lipinski definition) is 1. The predicted molar refractivity (Wildman–Crippen MR) is 99.7 cm³/mol. The third-order valence-corrected chi connectivity index (χ3v) is 4.39. The van der Waals surface area contributed by atoms with Gasteiger partial charge in [-0.05, 0) is 42.5 Å². The summed E-state index contributed by atoms with van der Waals surface area (Å²) in [6.45, 7) is 0. The molecule has 0 fully saturated rings. The second-order valence-corrected chi connectivity index (χ2v) is 6.79. The molecule has 1 amide bonds. The number of anilines is 1. The maximum Gasteiger partial charge on any atom is 0.437 e. The minimum Gasteiger partial charge on any atom is -0.406 e. The molecular formula is C18H9Cl2F6N3O2. The highest BCUT2D eigenvalue weighted by Gasteiger charge is 2.40. The van der Waals surface area contributed by atoms with E-state index in [1.54, 1.807) is 0 Å². The Bertz CT molecular complexity index is 1110. The van der Waals surface area contributed by atoms with E-state index in [0.29, 0.717) is 23.0 Å². The van der Waals surface area contributed by atoms with Crippen molar-refractivity contribution in [1.82, 2.24) is 9.78 Å². The first kappa shape index (κ1) is 22.8. The molecule has 1 heterocycles. The number of nitrogens with one attached hydrogen (secondary N) is 1. The molecule has 3 aromatic rings. The molecule has 2 aromatic carbocycles. The molecule has 0 aliphatic rings. The Morgan fingerprint density at radius 1 is 0.968 bits per heavy atom. The quantitative estimate of drug-likeness (QED) is 0.415. The van der Waals surface area contributed by atoms with Gasteiger partial charge in [0, 0.05) is 5.02 Å². The number of carbonyl (C=O) groups excluding carboxylic acids is 1. The van der Waals surface area contributed by atoms with Crippen LogP contribution in [0.15, 0.2) is 48.7 Å². The summed E-state index contributed by atoms with van der Waals surface area (Å²) >= 11 is 11.5. The molecule has 3 rings (SSSR count). The van der Waals surface area contributed by atoms with E-state index in [1.165, 1.54) is 24.3 Å². The van der Waals surface area contributed by atoms with E-state index in [2.05, 4.69) is 9.84 Å². The molecule has 0 spiro atoms. The smallest absolute Gasteiger partial charge is 0.406 e. The average molecular weight is 484 g/mol. The topological polar surface area (TPSA) is 56.1 Å². The van der Waals surface area contributed by atoms with Gasteiger partial charge in [-0.2, -0.15) is 31.4 Å². The van der Waals surface area contributed by atoms with Gasteiger partial charge in [0.2, 0.25) is 0 Å². The summed E-state index contributed by atoms with van der Waals surface area (Å²) in [5.41, 5.74) is -3.06. The maximum absolute atomic E-state index is 13.6. The predicted octanol–water partition coefficient (Wildman–Crippen LogP) is 6.83. The number of hydrogen-bond acceptors (Lipinski definition) is 3. The molecule has 1 aromatic heterocycles. The van der Waals surface area contributed by atoms with Crippen molar-refractivity contribution in [3.8, 4) is 11.4 Å². The first-order valence-electron chi connectivity index (χ1n) is 8.13. The van der Waals surface area contributed by atoms with Gasteiger partial charge >= 0.3 is 18.4 Å². The normalized spacial score (nSPS) is 12.0. The van der Waals surface area contributed by atoms with E-state index in [4.69, 9.17) is 23.2 Å². The van der Waals surface area contributed by atoms with Crippen molar-refractivity contribution >= 4 is 35.0 Å². The van der Waals surface area contributed by atoms with E-state index in [9.17, 15) is 31.1 Å². The summed E-state index contributed by atoms with van der Waals surface area (Å²) < 4.78 is 84.4. The SMILES string of the molecule is O=C(Nc1cc(C(F)(F)F)ccc1Cl)Oc1cnn(-c2ccc(Cl)cc2)c1C(F)(F)F. The van der Waals surface area contributed by atoms with Crippen molar-refractivity contribution in [2.45, 2.75) is 12.4 Å². The van der Waals surface area contributed by atoms with Crippen LogP contribution in [0.2, 0.25) is 10.0 Å². The molecule has 0 saturated heterocycles. The van der Waals surface area contributed by atoms with Crippen LogP contribution < -0.4 is 10.1 Å². The molecule has 0 bridgehead atoms. The molecule has 0 atom stereocenters. The molecule has 31 heavy (non-hydrogen) atoms. The number of ether oxygens (including phenoxy) is 1. The van der Waals surface area contributed by atoms with E-state index in [-0.39, 0.29) is 15.7 Å². The molecule has 0 unspecified atom stereocenters. The van der Waals surface area contributed by atoms with Gasteiger partial charge in [-0.3, -0.25) is 5.32 Å². The monoisotopic (exact) mass is 483 g/mol. The zero-order valence-electron chi connectivity index (χ0n) is 14.9. The van der Waals surface area contributed by atoms with Crippen molar-refractivity contribution in [2.24, 2.45) is 0 Å². The Balaban J connectivity index is 1.89. The average Bonchev–Trinajstić information content (AvgIpc) is 3.07. The molecular weight excluding hydrogens is 475 g/mol. The van der Waals surface area contributed by atoms with Crippen molar-refractivity contribution in [3.63, 3.8) is 0 Å². The zero-order valence-corrected chi connectivity index (χ0v) is 16.4. The minimum atomic E-state index is -4.99. The maximum atomic E-state index is 13.6. The van der Waals surface area contributed by atoms with Gasteiger partial charge in [0.15, 0.2) is 11.4 Å². The van der Waals surface area contributed by atoms with Gasteiger partial charge < -0.3 is 4.74 Å². The lowest BCUT2D eigenvalue weighted by Gasteiger charge is -2.14. The van der Waals surface area contributed by atoms with Crippen LogP contribution in [-0.2, 0) is 12.4 Å². The summed E-state index contributed by atoms with van der Waals surface area (Å²) in [6.07, 6.45) is -10.6. The van der Waals surface area contributed by atoms with Crippen LogP contribution in [0.4, 0.5) is 36.8 Å². The molecule has 5 nitrogen and oxygen atoms in total. The Labute approximate surface area is 180 Å². The van der Waals surface area contributed by atoms with Crippen LogP contribution in [0, 0.1) is 0 Å². The first-order valence-corrected chi connectivity index (χ1v) is 8.88. The van der Waals surface area contributed by atoms with Crippen LogP contribution in [0.1, 0.15) is 11.3 Å². The molecule has 1 N–H and O–H groups in total. The Morgan fingerprint density at radius 3 is 2.19 bits per heavy atom. The standard InChI is InChI=1S/C18H9Cl2F6N3O2/c19-10-2-4-11(5-3-10)29-15(18(24,25)26)14(8-27-29)31-16(30)28-13-7-9(17(21,22)23)1-6-12(13)20/h1-8H,(H,28,30). The molecule has 0 radical (unpaired) electrons. The number of aromatic nitrogens is 2. The summed E-state index contributed by atoms with van der Waals surface area (Å²) in [6, 6.07) is 7.26. The number of amides is 1. The number of halogens is 8. The first-order chi connectivity index (χ1) is 14.4. The molecule has 164 valence electrons. The van der Waals surface area contributed by atoms with Crippen LogP contribution in [0.5, 0.6) is 5.75 Å². The Morgan fingerprint density at radius 2 is 1.61 bits per heavy atom. The molecule has 0 aliphatic carbocycles. The lowest BCUT2D eigenvalue weighted by molar-refractivity contribution is -0.143. The Kier molecular flexibility index (Phi) is 6.10. The third-order valence-electron chi connectivity index (χ3n) is 3.81. The summed E-state index contributed by atoms with van der Waals surface area (Å²) in [5, 5.41) is 5.47. The second kappa shape index (κ2) is 8.31. The Hall–Kier alpha value is -2.92. The van der Waals surface area contributed by atoms with Crippen LogP contribution in [-0.4, -0.2) is 15.9 Å². The van der Waals surface area contributed by atoms with E-state index in [1.807, 2.05) is 5.32 Å². The number of nitrogens with zero attached hydrogens (tertiary/aromatic N) is 2. The van der Waals surface area contributed by atoms with Gasteiger partial charge in [0.05, 0.1) is 28.2 Å². The van der Waals surface area contributed by atoms with E-state index >= 15 is 0 Å². The number of alkyl halides is 6.